The topological polar surface area (TPSA) is 196 Å². The number of ether oxygens (including phenoxy) is 2. The van der Waals surface area contributed by atoms with Crippen molar-refractivity contribution in [3.05, 3.63) is 105 Å². The van der Waals surface area contributed by atoms with Gasteiger partial charge in [-0.3, -0.25) is 28.3 Å². The van der Waals surface area contributed by atoms with Gasteiger partial charge in [0.1, 0.15) is 11.6 Å². The first-order chi connectivity index (χ1) is 27.4. The van der Waals surface area contributed by atoms with Gasteiger partial charge in [0, 0.05) is 73.1 Å². The van der Waals surface area contributed by atoms with E-state index in [1.54, 1.807) is 76.2 Å². The summed E-state index contributed by atoms with van der Waals surface area (Å²) in [4.78, 5) is 42.1. The van der Waals surface area contributed by atoms with Crippen LogP contribution in [0.2, 0.25) is 0 Å². The van der Waals surface area contributed by atoms with E-state index in [9.17, 15) is 26.8 Å². The third-order valence-electron chi connectivity index (χ3n) is 8.63. The highest BCUT2D eigenvalue weighted by Gasteiger charge is 2.23. The fourth-order valence-electron chi connectivity index (χ4n) is 5.75. The van der Waals surface area contributed by atoms with Gasteiger partial charge in [0.05, 0.1) is 47.1 Å². The number of hydrogen-bond acceptors (Lipinski definition) is 12. The summed E-state index contributed by atoms with van der Waals surface area (Å²) < 4.78 is 65.9. The van der Waals surface area contributed by atoms with Crippen molar-refractivity contribution in [3.8, 4) is 45.0 Å². The van der Waals surface area contributed by atoms with Crippen molar-refractivity contribution in [2.24, 2.45) is 33.9 Å². The largest absolute Gasteiger partial charge is 0.383 e. The summed E-state index contributed by atoms with van der Waals surface area (Å²) in [6.45, 7) is 5.03. The minimum atomic E-state index is -3.60. The van der Waals surface area contributed by atoms with Crippen molar-refractivity contribution < 1.29 is 26.7 Å². The Balaban J connectivity index is 0.000000274. The number of methoxy groups -OCH3 is 2. The molecule has 4 heterocycles. The molecule has 0 aliphatic carbocycles. The number of anilines is 1. The second kappa shape index (κ2) is 20.7. The highest BCUT2D eigenvalue weighted by atomic mass is 32.2. The molecule has 0 fully saturated rings. The van der Waals surface area contributed by atoms with Crippen LogP contribution in [0.1, 0.15) is 21.3 Å². The number of sulfone groups is 1. The summed E-state index contributed by atoms with van der Waals surface area (Å²) in [7, 11) is 6.38. The number of halogens is 2. The van der Waals surface area contributed by atoms with Crippen LogP contribution in [-0.4, -0.2) is 92.9 Å². The maximum atomic E-state index is 13.3. The van der Waals surface area contributed by atoms with Gasteiger partial charge < -0.3 is 20.5 Å². The van der Waals surface area contributed by atoms with Crippen LogP contribution in [-0.2, 0) is 47.5 Å². The van der Waals surface area contributed by atoms with E-state index in [1.165, 1.54) is 58.0 Å². The molecule has 0 unspecified atom stereocenters. The van der Waals surface area contributed by atoms with Gasteiger partial charge in [0.15, 0.2) is 0 Å². The first-order valence-electron chi connectivity index (χ1n) is 17.8. The number of nitrogens with two attached hydrogens (primary N) is 1. The number of hydrogen-bond donors (Lipinski definition) is 2. The van der Waals surface area contributed by atoms with Crippen molar-refractivity contribution in [1.82, 2.24) is 38.7 Å². The Hall–Kier alpha value is -5.89. The molecule has 0 saturated carbocycles. The molecule has 3 N–H and O–H groups in total. The zero-order valence-corrected chi connectivity index (χ0v) is 34.6. The standard InChI is InChI=1S/C19H22FN5O2.C16H15FN4O3S.C4H11NO.CH4/c1-12(11-27-4)22-19-21-10-9-15(23-19)17-16(18(26)25(3)24(17)2)13-5-7-14(20)8-6-13;1-20-14(12-8-9-18-16(19-12)25(3,23)24)13(15(22)21(20)2)10-4-6-11(17)7-5-10;1-4(5)3-6-2;/h5-10,12H,11H2,1-4H3,(H,21,22,23);4-9H,1-3H3;4H,3,5H2,1-2H3;1H4/t12-;;4-;/m0.0./s1. The third-order valence-corrected chi connectivity index (χ3v) is 9.49. The summed E-state index contributed by atoms with van der Waals surface area (Å²) in [6.07, 6.45) is 3.97. The smallest absolute Gasteiger partial charge is 0.274 e. The molecule has 0 aliphatic rings. The van der Waals surface area contributed by atoms with Crippen molar-refractivity contribution in [2.75, 3.05) is 39.0 Å². The van der Waals surface area contributed by atoms with Crippen LogP contribution >= 0.6 is 0 Å². The average Bonchev–Trinajstić information content (AvgIpc) is 3.54. The van der Waals surface area contributed by atoms with Crippen molar-refractivity contribution in [1.29, 1.82) is 0 Å². The quantitative estimate of drug-likeness (QED) is 0.175. The lowest BCUT2D eigenvalue weighted by Gasteiger charge is -2.13. The molecule has 0 aliphatic heterocycles. The molecule has 6 aromatic rings. The maximum Gasteiger partial charge on any atom is 0.274 e. The Morgan fingerprint density at radius 1 is 0.695 bits per heavy atom. The summed E-state index contributed by atoms with van der Waals surface area (Å²) in [5.41, 5.74) is 8.66. The van der Waals surface area contributed by atoms with E-state index in [1.807, 2.05) is 13.8 Å². The minimum Gasteiger partial charge on any atom is -0.383 e. The molecular weight excluding hydrogens is 787 g/mol. The van der Waals surface area contributed by atoms with Crippen LogP contribution in [0.5, 0.6) is 0 Å². The van der Waals surface area contributed by atoms with Crippen molar-refractivity contribution in [2.45, 2.75) is 38.5 Å². The van der Waals surface area contributed by atoms with Gasteiger partial charge in [-0.1, -0.05) is 31.7 Å². The molecule has 6 rings (SSSR count). The second-order valence-electron chi connectivity index (χ2n) is 13.4. The van der Waals surface area contributed by atoms with Crippen LogP contribution in [0.4, 0.5) is 14.7 Å². The molecule has 0 bridgehead atoms. The molecule has 2 atom stereocenters. The van der Waals surface area contributed by atoms with Crippen molar-refractivity contribution in [3.63, 3.8) is 0 Å². The lowest BCUT2D eigenvalue weighted by molar-refractivity contribution is 0.185. The molecule has 16 nitrogen and oxygen atoms in total. The fourth-order valence-corrected chi connectivity index (χ4v) is 6.27. The normalized spacial score (nSPS) is 12.0. The van der Waals surface area contributed by atoms with Gasteiger partial charge in [-0.25, -0.2) is 37.1 Å². The zero-order chi connectivity index (χ0) is 42.9. The highest BCUT2D eigenvalue weighted by molar-refractivity contribution is 7.90. The van der Waals surface area contributed by atoms with Gasteiger partial charge >= 0.3 is 0 Å². The molecule has 19 heteroatoms. The summed E-state index contributed by atoms with van der Waals surface area (Å²) in [5.74, 6) is -0.327. The first kappa shape index (κ1) is 47.5. The van der Waals surface area contributed by atoms with Crippen LogP contribution in [0, 0.1) is 11.6 Å². The lowest BCUT2D eigenvalue weighted by Crippen LogP contribution is -2.22. The van der Waals surface area contributed by atoms with Crippen molar-refractivity contribution >= 4 is 15.8 Å². The predicted molar refractivity (Wildman–Crippen MR) is 224 cm³/mol. The highest BCUT2D eigenvalue weighted by Crippen LogP contribution is 2.30. The van der Waals surface area contributed by atoms with E-state index >= 15 is 0 Å². The Morgan fingerprint density at radius 2 is 1.12 bits per heavy atom. The van der Waals surface area contributed by atoms with Gasteiger partial charge in [-0.15, -0.1) is 0 Å². The Morgan fingerprint density at radius 3 is 1.51 bits per heavy atom. The molecule has 0 saturated heterocycles. The minimum absolute atomic E-state index is 0. The van der Waals surface area contributed by atoms with Crippen LogP contribution in [0.25, 0.3) is 45.0 Å². The third kappa shape index (κ3) is 11.6. The molecule has 318 valence electrons. The molecule has 59 heavy (non-hydrogen) atoms. The molecule has 0 radical (unpaired) electrons. The summed E-state index contributed by atoms with van der Waals surface area (Å²) >= 11 is 0. The molecular formula is C40H52F2N10O6S. The second-order valence-corrected chi connectivity index (χ2v) is 15.3. The average molecular weight is 839 g/mol. The number of nitrogens with one attached hydrogen (secondary N) is 1. The van der Waals surface area contributed by atoms with Gasteiger partial charge in [0.25, 0.3) is 11.1 Å². The van der Waals surface area contributed by atoms with E-state index in [4.69, 9.17) is 10.5 Å². The SMILES string of the molecule is C.COC[C@H](C)N.COC[C@H](C)Nc1nccc(-c2c(-c3ccc(F)cc3)c(=O)n(C)n2C)n1.Cn1c(-c2ccnc(S(C)(=O)=O)n2)c(-c2ccc(F)cc2)c(=O)n1C. The number of rotatable bonds is 11. The molecule has 0 spiro atoms. The van der Waals surface area contributed by atoms with Crippen LogP contribution in [0.3, 0.4) is 0 Å². The Kier molecular flexibility index (Phi) is 16.7. The summed E-state index contributed by atoms with van der Waals surface area (Å²) in [6, 6.07) is 14.8. The number of aromatic nitrogens is 8. The fraction of sp³-hybridized carbons (Fsp3) is 0.350. The first-order valence-corrected chi connectivity index (χ1v) is 19.7. The monoisotopic (exact) mass is 838 g/mol. The van der Waals surface area contributed by atoms with Gasteiger partial charge in [-0.2, -0.15) is 0 Å². The molecule has 4 aromatic heterocycles. The van der Waals surface area contributed by atoms with E-state index in [0.29, 0.717) is 58.5 Å². The van der Waals surface area contributed by atoms with Gasteiger partial charge in [0.2, 0.25) is 20.9 Å². The number of nitrogens with zero attached hydrogens (tertiary/aromatic N) is 8. The molecule has 2 aromatic carbocycles. The lowest BCUT2D eigenvalue weighted by atomic mass is 10.0. The molecule has 0 amide bonds. The van der Waals surface area contributed by atoms with Crippen LogP contribution in [0.15, 0.2) is 87.8 Å². The predicted octanol–water partition coefficient (Wildman–Crippen LogP) is 4.44. The number of benzene rings is 2. The Labute approximate surface area is 342 Å². The van der Waals surface area contributed by atoms with E-state index in [0.717, 1.165) is 6.26 Å². The Bertz CT molecular complexity index is 2550. The van der Waals surface area contributed by atoms with E-state index in [2.05, 4.69) is 30.0 Å². The van der Waals surface area contributed by atoms with E-state index < -0.39 is 15.7 Å². The van der Waals surface area contributed by atoms with E-state index in [-0.39, 0.29) is 47.3 Å². The zero-order valence-electron chi connectivity index (χ0n) is 33.8. The van der Waals surface area contributed by atoms with Gasteiger partial charge in [-0.05, 0) is 61.4 Å². The summed E-state index contributed by atoms with van der Waals surface area (Å²) in [5, 5.41) is 2.84. The maximum absolute atomic E-state index is 13.3. The van der Waals surface area contributed by atoms with Crippen LogP contribution < -0.4 is 22.2 Å².